The lowest BCUT2D eigenvalue weighted by atomic mass is 9.87. The molecule has 0 unspecified atom stereocenters. The topological polar surface area (TPSA) is 60.2 Å². The number of carbonyl (C=O) groups is 2. The summed E-state index contributed by atoms with van der Waals surface area (Å²) in [6.45, 7) is 7.57. The van der Waals surface area contributed by atoms with E-state index in [9.17, 15) is 9.59 Å². The predicted molar refractivity (Wildman–Crippen MR) is 89.7 cm³/mol. The number of ketones is 1. The number of benzene rings is 2. The Labute approximate surface area is 131 Å². The molecule has 0 amide bonds. The largest absolute Gasteiger partial charge is 0.398 e. The number of aryl methyl sites for hydroxylation is 1. The van der Waals surface area contributed by atoms with Gasteiger partial charge in [0.05, 0.1) is 0 Å². The number of nitrogen functional groups attached to an aromatic ring is 1. The zero-order valence-electron chi connectivity index (χ0n) is 13.5. The first-order valence-corrected chi connectivity index (χ1v) is 7.40. The molecule has 0 aliphatic rings. The number of aldehydes is 1. The first-order chi connectivity index (χ1) is 10.4. The van der Waals surface area contributed by atoms with Crippen molar-refractivity contribution in [2.45, 2.75) is 34.1 Å². The fraction of sp³-hybridized carbons (Fsp3) is 0.263. The minimum atomic E-state index is -0.0659. The summed E-state index contributed by atoms with van der Waals surface area (Å²) < 4.78 is 0. The molecule has 0 saturated heterocycles. The highest BCUT2D eigenvalue weighted by Crippen LogP contribution is 2.29. The first kappa shape index (κ1) is 16.0. The second-order valence-electron chi connectivity index (χ2n) is 5.57. The highest BCUT2D eigenvalue weighted by atomic mass is 16.1. The maximum absolute atomic E-state index is 12.9. The number of rotatable bonds is 4. The average molecular weight is 295 g/mol. The third-order valence-corrected chi connectivity index (χ3v) is 4.38. The smallest absolute Gasteiger partial charge is 0.193 e. The van der Waals surface area contributed by atoms with Crippen molar-refractivity contribution in [1.82, 2.24) is 0 Å². The van der Waals surface area contributed by atoms with Crippen LogP contribution in [0.4, 0.5) is 5.69 Å². The quantitative estimate of drug-likeness (QED) is 0.530. The van der Waals surface area contributed by atoms with Crippen LogP contribution in [-0.2, 0) is 6.42 Å². The summed E-state index contributed by atoms with van der Waals surface area (Å²) in [4.78, 5) is 24.2. The molecule has 22 heavy (non-hydrogen) atoms. The highest BCUT2D eigenvalue weighted by molar-refractivity contribution is 6.12. The third-order valence-electron chi connectivity index (χ3n) is 4.38. The molecule has 2 aromatic rings. The summed E-state index contributed by atoms with van der Waals surface area (Å²) in [5.41, 5.74) is 11.6. The monoisotopic (exact) mass is 295 g/mol. The van der Waals surface area contributed by atoms with Crippen molar-refractivity contribution < 1.29 is 9.59 Å². The van der Waals surface area contributed by atoms with E-state index in [1.54, 1.807) is 6.92 Å². The number of hydrogen-bond donors (Lipinski definition) is 1. The molecule has 114 valence electrons. The minimum Gasteiger partial charge on any atom is -0.398 e. The number of nitrogens with two attached hydrogens (primary N) is 1. The molecule has 2 N–H and O–H groups in total. The van der Waals surface area contributed by atoms with Crippen LogP contribution in [0.3, 0.4) is 0 Å². The van der Waals surface area contributed by atoms with Crippen LogP contribution in [0.25, 0.3) is 0 Å². The van der Waals surface area contributed by atoms with E-state index in [4.69, 9.17) is 5.73 Å². The Kier molecular flexibility index (Phi) is 4.45. The summed E-state index contributed by atoms with van der Waals surface area (Å²) >= 11 is 0. The zero-order chi connectivity index (χ0) is 16.4. The van der Waals surface area contributed by atoms with Gasteiger partial charge in [0.25, 0.3) is 0 Å². The lowest BCUT2D eigenvalue weighted by Crippen LogP contribution is -2.12. The van der Waals surface area contributed by atoms with Gasteiger partial charge in [-0.05, 0) is 49.4 Å². The van der Waals surface area contributed by atoms with Crippen LogP contribution in [0, 0.1) is 20.8 Å². The molecular formula is C19H21NO2. The first-order valence-electron chi connectivity index (χ1n) is 7.40. The van der Waals surface area contributed by atoms with Crippen LogP contribution in [0.15, 0.2) is 24.3 Å². The summed E-state index contributed by atoms with van der Waals surface area (Å²) in [5.74, 6) is -0.0659. The second-order valence-corrected chi connectivity index (χ2v) is 5.57. The Morgan fingerprint density at radius 1 is 1.05 bits per heavy atom. The van der Waals surface area contributed by atoms with Crippen LogP contribution in [0.1, 0.15) is 55.5 Å². The standard InChI is InChI=1S/C19H21NO2/c1-5-14-6-8-15(9-7-14)19(22)17-11(2)12(3)18(20)16(10-21)13(17)4/h6-10H,5,20H2,1-4H3. The Morgan fingerprint density at radius 3 is 2.14 bits per heavy atom. The molecule has 3 nitrogen and oxygen atoms in total. The van der Waals surface area contributed by atoms with E-state index in [0.29, 0.717) is 27.9 Å². The van der Waals surface area contributed by atoms with E-state index < -0.39 is 0 Å². The van der Waals surface area contributed by atoms with Crippen LogP contribution in [0.5, 0.6) is 0 Å². The van der Waals surface area contributed by atoms with Crippen LogP contribution in [0.2, 0.25) is 0 Å². The van der Waals surface area contributed by atoms with Gasteiger partial charge < -0.3 is 5.73 Å². The minimum absolute atomic E-state index is 0.0659. The Bertz CT molecular complexity index is 743. The lowest BCUT2D eigenvalue weighted by Gasteiger charge is -2.17. The Morgan fingerprint density at radius 2 is 1.64 bits per heavy atom. The van der Waals surface area contributed by atoms with Crippen LogP contribution < -0.4 is 5.73 Å². The fourth-order valence-corrected chi connectivity index (χ4v) is 2.74. The van der Waals surface area contributed by atoms with E-state index in [2.05, 4.69) is 6.92 Å². The van der Waals surface area contributed by atoms with Crippen molar-refractivity contribution in [2.75, 3.05) is 5.73 Å². The van der Waals surface area contributed by atoms with Gasteiger partial charge in [0.15, 0.2) is 12.1 Å². The van der Waals surface area contributed by atoms with Gasteiger partial charge in [-0.15, -0.1) is 0 Å². The summed E-state index contributed by atoms with van der Waals surface area (Å²) in [5, 5.41) is 0. The fourth-order valence-electron chi connectivity index (χ4n) is 2.74. The summed E-state index contributed by atoms with van der Waals surface area (Å²) in [7, 11) is 0. The number of carbonyl (C=O) groups excluding carboxylic acids is 2. The van der Waals surface area contributed by atoms with Gasteiger partial charge in [-0.3, -0.25) is 9.59 Å². The van der Waals surface area contributed by atoms with E-state index in [0.717, 1.165) is 23.8 Å². The molecule has 0 aromatic heterocycles. The second kappa shape index (κ2) is 6.14. The molecule has 0 radical (unpaired) electrons. The molecule has 2 rings (SSSR count). The molecular weight excluding hydrogens is 274 g/mol. The van der Waals surface area contributed by atoms with Crippen molar-refractivity contribution in [3.63, 3.8) is 0 Å². The SMILES string of the molecule is CCc1ccc(C(=O)c2c(C)c(C)c(N)c(C=O)c2C)cc1. The molecule has 0 atom stereocenters. The molecule has 0 aliphatic carbocycles. The van der Waals surface area contributed by atoms with Crippen LogP contribution >= 0.6 is 0 Å². The molecule has 0 saturated carbocycles. The number of anilines is 1. The maximum Gasteiger partial charge on any atom is 0.193 e. The van der Waals surface area contributed by atoms with E-state index in [1.807, 2.05) is 38.1 Å². The van der Waals surface area contributed by atoms with Crippen molar-refractivity contribution >= 4 is 17.8 Å². The van der Waals surface area contributed by atoms with Gasteiger partial charge in [0.1, 0.15) is 0 Å². The Hall–Kier alpha value is -2.42. The van der Waals surface area contributed by atoms with Crippen molar-refractivity contribution in [2.24, 2.45) is 0 Å². The highest BCUT2D eigenvalue weighted by Gasteiger charge is 2.21. The summed E-state index contributed by atoms with van der Waals surface area (Å²) in [6, 6.07) is 7.60. The molecule has 0 fully saturated rings. The molecule has 3 heteroatoms. The predicted octanol–water partition coefficient (Wildman–Crippen LogP) is 3.80. The normalized spacial score (nSPS) is 10.5. The van der Waals surface area contributed by atoms with Gasteiger partial charge in [-0.2, -0.15) is 0 Å². The van der Waals surface area contributed by atoms with E-state index in [-0.39, 0.29) is 5.78 Å². The number of hydrogen-bond acceptors (Lipinski definition) is 3. The van der Waals surface area contributed by atoms with Gasteiger partial charge in [-0.1, -0.05) is 31.2 Å². The molecule has 0 spiro atoms. The average Bonchev–Trinajstić information content (AvgIpc) is 2.53. The van der Waals surface area contributed by atoms with Crippen molar-refractivity contribution in [1.29, 1.82) is 0 Å². The molecule has 0 aliphatic heterocycles. The van der Waals surface area contributed by atoms with E-state index in [1.165, 1.54) is 5.56 Å². The van der Waals surface area contributed by atoms with Crippen LogP contribution in [-0.4, -0.2) is 12.1 Å². The maximum atomic E-state index is 12.9. The molecule has 0 bridgehead atoms. The molecule has 0 heterocycles. The Balaban J connectivity index is 2.62. The van der Waals surface area contributed by atoms with Crippen molar-refractivity contribution in [3.05, 3.63) is 63.2 Å². The lowest BCUT2D eigenvalue weighted by molar-refractivity contribution is 0.103. The van der Waals surface area contributed by atoms with E-state index >= 15 is 0 Å². The zero-order valence-corrected chi connectivity index (χ0v) is 13.5. The van der Waals surface area contributed by atoms with Gasteiger partial charge >= 0.3 is 0 Å². The summed E-state index contributed by atoms with van der Waals surface area (Å²) in [6.07, 6.45) is 1.66. The van der Waals surface area contributed by atoms with Gasteiger partial charge in [0.2, 0.25) is 0 Å². The van der Waals surface area contributed by atoms with Gasteiger partial charge in [-0.25, -0.2) is 0 Å². The van der Waals surface area contributed by atoms with Crippen molar-refractivity contribution in [3.8, 4) is 0 Å². The molecule has 2 aromatic carbocycles. The third kappa shape index (κ3) is 2.54. The van der Waals surface area contributed by atoms with Gasteiger partial charge in [0, 0.05) is 22.4 Å².